The van der Waals surface area contributed by atoms with E-state index >= 15 is 0 Å². The lowest BCUT2D eigenvalue weighted by molar-refractivity contribution is -0.122. The van der Waals surface area contributed by atoms with Crippen LogP contribution in [-0.2, 0) is 4.79 Å². The molecule has 1 aliphatic rings. The molecule has 0 unspecified atom stereocenters. The summed E-state index contributed by atoms with van der Waals surface area (Å²) in [5.74, 6) is 0.207. The van der Waals surface area contributed by atoms with Crippen molar-refractivity contribution in [2.45, 2.75) is 52.5 Å². The third-order valence-corrected chi connectivity index (χ3v) is 2.76. The molecule has 4 heteroatoms. The fourth-order valence-corrected chi connectivity index (χ4v) is 1.76. The van der Waals surface area contributed by atoms with Crippen LogP contribution in [0.2, 0.25) is 0 Å². The van der Waals surface area contributed by atoms with Crippen molar-refractivity contribution in [2.24, 2.45) is 5.41 Å². The van der Waals surface area contributed by atoms with Crippen molar-refractivity contribution in [1.29, 1.82) is 0 Å². The van der Waals surface area contributed by atoms with Crippen LogP contribution in [0.4, 0.5) is 0 Å². The van der Waals surface area contributed by atoms with Crippen molar-refractivity contribution >= 4 is 18.3 Å². The van der Waals surface area contributed by atoms with Gasteiger partial charge in [-0.3, -0.25) is 4.79 Å². The van der Waals surface area contributed by atoms with Gasteiger partial charge in [-0.2, -0.15) is 0 Å². The molecule has 1 saturated heterocycles. The smallest absolute Gasteiger partial charge is 0.220 e. The first kappa shape index (κ1) is 15.7. The lowest BCUT2D eigenvalue weighted by atomic mass is 9.90. The second-order valence-corrected chi connectivity index (χ2v) is 5.67. The quantitative estimate of drug-likeness (QED) is 0.803. The second kappa shape index (κ2) is 7.13. The summed E-state index contributed by atoms with van der Waals surface area (Å²) < 4.78 is 0. The standard InChI is InChI=1S/C12H24N2O.ClH/c1-12(2,3)7-6-11(15)14-10-5-4-8-13-9-10;/h10,13H,4-9H2,1-3H3,(H,14,15);1H/t10-;/m1./s1. The molecule has 1 heterocycles. The number of nitrogens with one attached hydrogen (secondary N) is 2. The van der Waals surface area contributed by atoms with Gasteiger partial charge in [-0.25, -0.2) is 0 Å². The van der Waals surface area contributed by atoms with Crippen LogP contribution in [0, 0.1) is 5.41 Å². The van der Waals surface area contributed by atoms with Crippen LogP contribution in [0.25, 0.3) is 0 Å². The number of rotatable bonds is 3. The molecule has 0 aromatic carbocycles. The molecule has 3 nitrogen and oxygen atoms in total. The fraction of sp³-hybridized carbons (Fsp3) is 0.917. The molecule has 0 saturated carbocycles. The first-order valence-corrected chi connectivity index (χ1v) is 5.97. The van der Waals surface area contributed by atoms with Crippen molar-refractivity contribution in [3.8, 4) is 0 Å². The minimum Gasteiger partial charge on any atom is -0.352 e. The third kappa shape index (κ3) is 7.07. The Kier molecular flexibility index (Phi) is 7.00. The Bertz CT molecular complexity index is 208. The molecule has 16 heavy (non-hydrogen) atoms. The highest BCUT2D eigenvalue weighted by Gasteiger charge is 2.17. The predicted molar refractivity (Wildman–Crippen MR) is 70.0 cm³/mol. The van der Waals surface area contributed by atoms with E-state index < -0.39 is 0 Å². The van der Waals surface area contributed by atoms with E-state index in [0.717, 1.165) is 25.9 Å². The molecular weight excluding hydrogens is 224 g/mol. The molecule has 0 aromatic rings. The zero-order chi connectivity index (χ0) is 11.3. The molecule has 2 N–H and O–H groups in total. The van der Waals surface area contributed by atoms with Crippen LogP contribution >= 0.6 is 12.4 Å². The van der Waals surface area contributed by atoms with Gasteiger partial charge in [0.1, 0.15) is 0 Å². The number of carbonyl (C=O) groups is 1. The maximum Gasteiger partial charge on any atom is 0.220 e. The highest BCUT2D eigenvalue weighted by atomic mass is 35.5. The Morgan fingerprint density at radius 3 is 2.62 bits per heavy atom. The van der Waals surface area contributed by atoms with Crippen LogP contribution < -0.4 is 10.6 Å². The molecule has 1 fully saturated rings. The molecule has 0 bridgehead atoms. The van der Waals surface area contributed by atoms with Crippen molar-refractivity contribution in [2.75, 3.05) is 13.1 Å². The second-order valence-electron chi connectivity index (χ2n) is 5.67. The van der Waals surface area contributed by atoms with Gasteiger partial charge in [-0.15, -0.1) is 12.4 Å². The van der Waals surface area contributed by atoms with Crippen LogP contribution in [0.3, 0.4) is 0 Å². The van der Waals surface area contributed by atoms with E-state index in [-0.39, 0.29) is 23.7 Å². The molecule has 0 aromatic heterocycles. The van der Waals surface area contributed by atoms with Crippen molar-refractivity contribution in [3.05, 3.63) is 0 Å². The first-order chi connectivity index (χ1) is 6.97. The predicted octanol–water partition coefficient (Wildman–Crippen LogP) is 2.10. The number of piperidine rings is 1. The zero-order valence-electron chi connectivity index (χ0n) is 10.6. The van der Waals surface area contributed by atoms with Gasteiger partial charge in [0.05, 0.1) is 0 Å². The number of carbonyl (C=O) groups excluding carboxylic acids is 1. The minimum absolute atomic E-state index is 0. The zero-order valence-corrected chi connectivity index (χ0v) is 11.5. The maximum atomic E-state index is 11.6. The third-order valence-electron chi connectivity index (χ3n) is 2.76. The van der Waals surface area contributed by atoms with E-state index in [2.05, 4.69) is 31.4 Å². The Morgan fingerprint density at radius 2 is 2.12 bits per heavy atom. The van der Waals surface area contributed by atoms with Crippen molar-refractivity contribution in [1.82, 2.24) is 10.6 Å². The molecule has 1 aliphatic heterocycles. The summed E-state index contributed by atoms with van der Waals surface area (Å²) in [5.41, 5.74) is 0.252. The fourth-order valence-electron chi connectivity index (χ4n) is 1.76. The van der Waals surface area contributed by atoms with E-state index in [1.165, 1.54) is 6.42 Å². The van der Waals surface area contributed by atoms with E-state index in [9.17, 15) is 4.79 Å². The normalized spacial score (nSPS) is 21.1. The van der Waals surface area contributed by atoms with E-state index in [0.29, 0.717) is 12.5 Å². The summed E-state index contributed by atoms with van der Waals surface area (Å²) >= 11 is 0. The molecule has 1 rings (SSSR count). The summed E-state index contributed by atoms with van der Waals surface area (Å²) in [4.78, 5) is 11.6. The lowest BCUT2D eigenvalue weighted by Crippen LogP contribution is -2.45. The molecular formula is C12H25ClN2O. The molecule has 96 valence electrons. The van der Waals surface area contributed by atoms with Gasteiger partial charge in [-0.05, 0) is 31.2 Å². The topological polar surface area (TPSA) is 41.1 Å². The monoisotopic (exact) mass is 248 g/mol. The SMILES string of the molecule is CC(C)(C)CCC(=O)N[C@@H]1CCCNC1.Cl. The molecule has 1 atom stereocenters. The number of amides is 1. The van der Waals surface area contributed by atoms with E-state index in [1.54, 1.807) is 0 Å². The number of hydrogen-bond acceptors (Lipinski definition) is 2. The average Bonchev–Trinajstić information content (AvgIpc) is 2.15. The van der Waals surface area contributed by atoms with E-state index in [1.807, 2.05) is 0 Å². The van der Waals surface area contributed by atoms with Gasteiger partial charge < -0.3 is 10.6 Å². The summed E-state index contributed by atoms with van der Waals surface area (Å²) in [6.07, 6.45) is 3.90. The van der Waals surface area contributed by atoms with Gasteiger partial charge in [0, 0.05) is 19.0 Å². The van der Waals surface area contributed by atoms with Crippen LogP contribution in [-0.4, -0.2) is 25.0 Å². The Morgan fingerprint density at radius 1 is 1.44 bits per heavy atom. The van der Waals surface area contributed by atoms with Gasteiger partial charge in [0.25, 0.3) is 0 Å². The largest absolute Gasteiger partial charge is 0.352 e. The van der Waals surface area contributed by atoms with Crippen molar-refractivity contribution in [3.63, 3.8) is 0 Å². The lowest BCUT2D eigenvalue weighted by Gasteiger charge is -2.24. The summed E-state index contributed by atoms with van der Waals surface area (Å²) in [7, 11) is 0. The van der Waals surface area contributed by atoms with E-state index in [4.69, 9.17) is 0 Å². The first-order valence-electron chi connectivity index (χ1n) is 5.97. The summed E-state index contributed by atoms with van der Waals surface area (Å²) in [6.45, 7) is 8.53. The number of halogens is 1. The van der Waals surface area contributed by atoms with Gasteiger partial charge in [0.2, 0.25) is 5.91 Å². The van der Waals surface area contributed by atoms with Gasteiger partial charge >= 0.3 is 0 Å². The highest BCUT2D eigenvalue weighted by Crippen LogP contribution is 2.20. The summed E-state index contributed by atoms with van der Waals surface area (Å²) in [5, 5.41) is 6.39. The Hall–Kier alpha value is -0.280. The maximum absolute atomic E-state index is 11.6. The number of hydrogen-bond donors (Lipinski definition) is 2. The van der Waals surface area contributed by atoms with Crippen LogP contribution in [0.15, 0.2) is 0 Å². The van der Waals surface area contributed by atoms with Gasteiger partial charge in [0.15, 0.2) is 0 Å². The van der Waals surface area contributed by atoms with Gasteiger partial charge in [-0.1, -0.05) is 20.8 Å². The average molecular weight is 249 g/mol. The molecule has 0 radical (unpaired) electrons. The Balaban J connectivity index is 0.00000225. The molecule has 0 aliphatic carbocycles. The molecule has 0 spiro atoms. The van der Waals surface area contributed by atoms with Crippen molar-refractivity contribution < 1.29 is 4.79 Å². The minimum atomic E-state index is 0. The Labute approximate surface area is 105 Å². The van der Waals surface area contributed by atoms with Crippen LogP contribution in [0.1, 0.15) is 46.5 Å². The molecule has 1 amide bonds. The van der Waals surface area contributed by atoms with Crippen LogP contribution in [0.5, 0.6) is 0 Å². The highest BCUT2D eigenvalue weighted by molar-refractivity contribution is 5.85. The summed E-state index contributed by atoms with van der Waals surface area (Å²) in [6, 6.07) is 0.353.